The number of aromatic hydroxyl groups is 1. The topological polar surface area (TPSA) is 127 Å². The van der Waals surface area contributed by atoms with Crippen molar-refractivity contribution < 1.29 is 23.2 Å². The molecule has 2 N–H and O–H groups in total. The number of carbonyl (C=O) groups excluding carboxylic acids is 1. The molecule has 0 aliphatic heterocycles. The highest BCUT2D eigenvalue weighted by molar-refractivity contribution is 7.91. The van der Waals surface area contributed by atoms with E-state index < -0.39 is 20.7 Å². The van der Waals surface area contributed by atoms with Gasteiger partial charge < -0.3 is 10.4 Å². The second-order valence-corrected chi connectivity index (χ2v) is 9.45. The third kappa shape index (κ3) is 4.33. The zero-order chi connectivity index (χ0) is 23.6. The normalized spacial score (nSPS) is 11.4. The molecule has 3 rings (SSSR count). The van der Waals surface area contributed by atoms with Crippen molar-refractivity contribution >= 4 is 27.1 Å². The van der Waals surface area contributed by atoms with Crippen LogP contribution in [0.5, 0.6) is 5.75 Å². The van der Waals surface area contributed by atoms with Crippen molar-refractivity contribution in [2.45, 2.75) is 36.5 Å². The lowest BCUT2D eigenvalue weighted by atomic mass is 9.98. The molecule has 8 nitrogen and oxygen atoms in total. The minimum Gasteiger partial charge on any atom is -0.506 e. The van der Waals surface area contributed by atoms with E-state index in [-0.39, 0.29) is 49.5 Å². The maximum absolute atomic E-state index is 13.4. The van der Waals surface area contributed by atoms with Gasteiger partial charge in [-0.2, -0.15) is 0 Å². The molecule has 0 saturated heterocycles. The highest BCUT2D eigenvalue weighted by atomic mass is 32.2. The first-order chi connectivity index (χ1) is 15.0. The SMILES string of the molecule is Cc1cc(NC(=O)c2ccc([N+](=O)[O-])cc2)c(C(C)C)c(S(=O)(=O)c2ccccc2)c1O. The molecule has 0 atom stereocenters. The van der Waals surface area contributed by atoms with Crippen molar-refractivity contribution in [3.8, 4) is 5.75 Å². The Balaban J connectivity index is 2.13. The molecule has 0 saturated carbocycles. The average molecular weight is 455 g/mol. The minimum absolute atomic E-state index is 0.0236. The molecule has 0 heterocycles. The number of non-ortho nitro benzene ring substituents is 1. The molecule has 0 bridgehead atoms. The number of phenols is 1. The number of aryl methyl sites for hydroxylation is 1. The predicted molar refractivity (Wildman–Crippen MR) is 120 cm³/mol. The number of sulfone groups is 1. The largest absolute Gasteiger partial charge is 0.506 e. The maximum Gasteiger partial charge on any atom is 0.269 e. The Morgan fingerprint density at radius 1 is 1.06 bits per heavy atom. The number of nitro benzene ring substituents is 1. The number of nitro groups is 1. The molecule has 1 amide bonds. The standard InChI is InChI=1S/C23H22N2O6S/c1-14(2)20-19(24-23(27)16-9-11-17(12-10-16)25(28)29)13-15(3)21(26)22(20)32(30,31)18-7-5-4-6-8-18/h4-14,26H,1-3H3,(H,24,27). The molecule has 0 aliphatic rings. The second kappa shape index (κ2) is 8.80. The Kier molecular flexibility index (Phi) is 6.31. The Hall–Kier alpha value is -3.72. The van der Waals surface area contributed by atoms with Crippen molar-refractivity contribution in [3.05, 3.63) is 87.5 Å². The Morgan fingerprint density at radius 3 is 2.19 bits per heavy atom. The average Bonchev–Trinajstić information content (AvgIpc) is 2.76. The fourth-order valence-corrected chi connectivity index (χ4v) is 5.19. The first-order valence-electron chi connectivity index (χ1n) is 9.76. The van der Waals surface area contributed by atoms with E-state index in [9.17, 15) is 28.4 Å². The molecule has 166 valence electrons. The molecule has 0 spiro atoms. The summed E-state index contributed by atoms with van der Waals surface area (Å²) in [6.45, 7) is 5.07. The molecule has 32 heavy (non-hydrogen) atoms. The van der Waals surface area contributed by atoms with Crippen LogP contribution in [0.25, 0.3) is 0 Å². The first-order valence-corrected chi connectivity index (χ1v) is 11.2. The number of amides is 1. The lowest BCUT2D eigenvalue weighted by Crippen LogP contribution is -2.17. The van der Waals surface area contributed by atoms with Crippen LogP contribution in [0.1, 0.15) is 41.3 Å². The van der Waals surface area contributed by atoms with Crippen molar-refractivity contribution in [1.82, 2.24) is 0 Å². The van der Waals surface area contributed by atoms with Gasteiger partial charge in [-0.25, -0.2) is 8.42 Å². The number of carbonyl (C=O) groups is 1. The monoisotopic (exact) mass is 454 g/mol. The molecule has 9 heteroatoms. The summed E-state index contributed by atoms with van der Waals surface area (Å²) < 4.78 is 26.8. The number of benzene rings is 3. The summed E-state index contributed by atoms with van der Waals surface area (Å²) in [5.74, 6) is -1.29. The predicted octanol–water partition coefficient (Wildman–Crippen LogP) is 4.82. The van der Waals surface area contributed by atoms with Crippen LogP contribution in [0.15, 0.2) is 70.5 Å². The van der Waals surface area contributed by atoms with Crippen LogP contribution in [-0.2, 0) is 9.84 Å². The van der Waals surface area contributed by atoms with Crippen molar-refractivity contribution in [2.24, 2.45) is 0 Å². The summed E-state index contributed by atoms with van der Waals surface area (Å²) in [6.07, 6.45) is 0. The van der Waals surface area contributed by atoms with Gasteiger partial charge in [0.2, 0.25) is 9.84 Å². The summed E-state index contributed by atoms with van der Waals surface area (Å²) in [5.41, 5.74) is 0.813. The van der Waals surface area contributed by atoms with Gasteiger partial charge in [-0.3, -0.25) is 14.9 Å². The number of rotatable bonds is 6. The second-order valence-electron chi connectivity index (χ2n) is 7.56. The number of nitrogens with zero attached hydrogens (tertiary/aromatic N) is 1. The molecule has 3 aromatic carbocycles. The molecule has 3 aromatic rings. The van der Waals surface area contributed by atoms with E-state index in [0.717, 1.165) is 0 Å². The van der Waals surface area contributed by atoms with Gasteiger partial charge in [0.15, 0.2) is 0 Å². The van der Waals surface area contributed by atoms with E-state index >= 15 is 0 Å². The highest BCUT2D eigenvalue weighted by Crippen LogP contribution is 2.42. The molecular weight excluding hydrogens is 432 g/mol. The van der Waals surface area contributed by atoms with Crippen molar-refractivity contribution in [2.75, 3.05) is 5.32 Å². The zero-order valence-corrected chi connectivity index (χ0v) is 18.5. The summed E-state index contributed by atoms with van der Waals surface area (Å²) in [6, 6.07) is 14.3. The third-order valence-electron chi connectivity index (χ3n) is 4.97. The zero-order valence-electron chi connectivity index (χ0n) is 17.7. The quantitative estimate of drug-likeness (QED) is 0.312. The van der Waals surface area contributed by atoms with E-state index in [2.05, 4.69) is 5.32 Å². The summed E-state index contributed by atoms with van der Waals surface area (Å²) in [4.78, 5) is 22.8. The van der Waals surface area contributed by atoms with Gasteiger partial charge in [0.1, 0.15) is 10.6 Å². The van der Waals surface area contributed by atoms with E-state index in [4.69, 9.17) is 0 Å². The van der Waals surface area contributed by atoms with E-state index in [0.29, 0.717) is 0 Å². The van der Waals surface area contributed by atoms with Gasteiger partial charge in [-0.15, -0.1) is 0 Å². The van der Waals surface area contributed by atoms with Crippen LogP contribution in [0.2, 0.25) is 0 Å². The first kappa shape index (κ1) is 23.0. The Bertz CT molecular complexity index is 1280. The number of hydrogen-bond acceptors (Lipinski definition) is 6. The van der Waals surface area contributed by atoms with Gasteiger partial charge in [0, 0.05) is 28.9 Å². The van der Waals surface area contributed by atoms with Gasteiger partial charge in [-0.1, -0.05) is 32.0 Å². The minimum atomic E-state index is -4.08. The van der Waals surface area contributed by atoms with Crippen LogP contribution >= 0.6 is 0 Å². The van der Waals surface area contributed by atoms with Gasteiger partial charge in [-0.05, 0) is 48.7 Å². The number of nitrogens with one attached hydrogen (secondary N) is 1. The van der Waals surface area contributed by atoms with E-state index in [1.807, 2.05) is 0 Å². The Morgan fingerprint density at radius 2 is 1.66 bits per heavy atom. The van der Waals surface area contributed by atoms with Crippen LogP contribution in [0.3, 0.4) is 0 Å². The molecule has 0 fully saturated rings. The van der Waals surface area contributed by atoms with Gasteiger partial charge >= 0.3 is 0 Å². The van der Waals surface area contributed by atoms with Gasteiger partial charge in [0.05, 0.1) is 9.82 Å². The summed E-state index contributed by atoms with van der Waals surface area (Å²) in [7, 11) is -4.08. The van der Waals surface area contributed by atoms with Crippen LogP contribution in [0, 0.1) is 17.0 Å². The Labute approximate surface area is 185 Å². The van der Waals surface area contributed by atoms with E-state index in [1.54, 1.807) is 39.0 Å². The molecular formula is C23H22N2O6S. The van der Waals surface area contributed by atoms with Crippen molar-refractivity contribution in [3.63, 3.8) is 0 Å². The summed E-state index contributed by atoms with van der Waals surface area (Å²) in [5, 5.41) is 24.3. The fourth-order valence-electron chi connectivity index (χ4n) is 3.39. The lowest BCUT2D eigenvalue weighted by molar-refractivity contribution is -0.384. The van der Waals surface area contributed by atoms with Crippen LogP contribution < -0.4 is 5.32 Å². The van der Waals surface area contributed by atoms with E-state index in [1.165, 1.54) is 42.5 Å². The summed E-state index contributed by atoms with van der Waals surface area (Å²) >= 11 is 0. The third-order valence-corrected chi connectivity index (χ3v) is 6.82. The van der Waals surface area contributed by atoms with Crippen molar-refractivity contribution in [1.29, 1.82) is 0 Å². The highest BCUT2D eigenvalue weighted by Gasteiger charge is 2.30. The number of hydrogen-bond donors (Lipinski definition) is 2. The molecule has 0 radical (unpaired) electrons. The molecule has 0 unspecified atom stereocenters. The lowest BCUT2D eigenvalue weighted by Gasteiger charge is -2.21. The molecule has 0 aliphatic carbocycles. The van der Waals surface area contributed by atoms with Gasteiger partial charge in [0.25, 0.3) is 11.6 Å². The van der Waals surface area contributed by atoms with Crippen LogP contribution in [-0.4, -0.2) is 24.4 Å². The number of anilines is 1. The smallest absolute Gasteiger partial charge is 0.269 e. The van der Waals surface area contributed by atoms with Crippen LogP contribution in [0.4, 0.5) is 11.4 Å². The fraction of sp³-hybridized carbons (Fsp3) is 0.174. The molecule has 0 aromatic heterocycles. The maximum atomic E-state index is 13.4. The number of phenolic OH excluding ortho intramolecular Hbond substituents is 1.